The number of anilines is 3. The lowest BCUT2D eigenvalue weighted by Crippen LogP contribution is -2.12. The Labute approximate surface area is 181 Å². The van der Waals surface area contributed by atoms with E-state index in [1.807, 2.05) is 53.9 Å². The Kier molecular flexibility index (Phi) is 6.64. The van der Waals surface area contributed by atoms with Crippen molar-refractivity contribution in [1.29, 1.82) is 0 Å². The molecule has 3 aromatic rings. The molecule has 1 aliphatic rings. The third-order valence-electron chi connectivity index (χ3n) is 5.56. The summed E-state index contributed by atoms with van der Waals surface area (Å²) >= 11 is 1.56. The average molecular weight is 422 g/mol. The van der Waals surface area contributed by atoms with Crippen LogP contribution in [0.1, 0.15) is 38.5 Å². The summed E-state index contributed by atoms with van der Waals surface area (Å²) in [4.78, 5) is 16.9. The summed E-state index contributed by atoms with van der Waals surface area (Å²) in [6.07, 6.45) is 6.82. The average Bonchev–Trinajstić information content (AvgIpc) is 3.46. The van der Waals surface area contributed by atoms with Gasteiger partial charge in [0.05, 0.1) is 12.8 Å². The number of rotatable bonds is 8. The summed E-state index contributed by atoms with van der Waals surface area (Å²) in [5.74, 6) is 1.67. The van der Waals surface area contributed by atoms with Crippen LogP contribution in [0.4, 0.5) is 16.5 Å². The van der Waals surface area contributed by atoms with Gasteiger partial charge in [0.25, 0.3) is 0 Å². The predicted molar refractivity (Wildman–Crippen MR) is 124 cm³/mol. The van der Waals surface area contributed by atoms with E-state index in [-0.39, 0.29) is 5.91 Å². The molecule has 30 heavy (non-hydrogen) atoms. The second-order valence-electron chi connectivity index (χ2n) is 7.71. The van der Waals surface area contributed by atoms with Crippen molar-refractivity contribution >= 4 is 33.8 Å². The number of aromatic nitrogens is 1. The van der Waals surface area contributed by atoms with Crippen molar-refractivity contribution in [2.45, 2.75) is 38.5 Å². The fourth-order valence-corrected chi connectivity index (χ4v) is 4.58. The number of methoxy groups -OCH3 is 1. The lowest BCUT2D eigenvalue weighted by Gasteiger charge is -2.09. The maximum Gasteiger partial charge on any atom is 0.224 e. The van der Waals surface area contributed by atoms with Gasteiger partial charge >= 0.3 is 0 Å². The molecule has 4 rings (SSSR count). The number of hydrogen-bond donors (Lipinski definition) is 2. The molecular weight excluding hydrogens is 394 g/mol. The van der Waals surface area contributed by atoms with Crippen molar-refractivity contribution in [1.82, 2.24) is 4.98 Å². The van der Waals surface area contributed by atoms with Gasteiger partial charge in [-0.25, -0.2) is 4.98 Å². The van der Waals surface area contributed by atoms with Gasteiger partial charge in [-0.15, -0.1) is 11.3 Å². The Morgan fingerprint density at radius 1 is 1.07 bits per heavy atom. The molecule has 0 atom stereocenters. The van der Waals surface area contributed by atoms with Gasteiger partial charge in [0.2, 0.25) is 5.91 Å². The Balaban J connectivity index is 1.31. The van der Waals surface area contributed by atoms with E-state index in [1.54, 1.807) is 18.4 Å². The van der Waals surface area contributed by atoms with Gasteiger partial charge in [0.1, 0.15) is 5.75 Å². The molecule has 1 aromatic heterocycles. The van der Waals surface area contributed by atoms with Crippen LogP contribution in [-0.2, 0) is 4.79 Å². The molecule has 1 heterocycles. The van der Waals surface area contributed by atoms with Crippen LogP contribution in [0.15, 0.2) is 53.9 Å². The zero-order valence-corrected chi connectivity index (χ0v) is 18.0. The smallest absolute Gasteiger partial charge is 0.224 e. The molecule has 2 aromatic carbocycles. The molecule has 6 heteroatoms. The lowest BCUT2D eigenvalue weighted by atomic mass is 10.0. The van der Waals surface area contributed by atoms with Crippen molar-refractivity contribution in [2.75, 3.05) is 17.7 Å². The van der Waals surface area contributed by atoms with Gasteiger partial charge in [0, 0.05) is 28.7 Å². The van der Waals surface area contributed by atoms with Crippen LogP contribution in [0.2, 0.25) is 0 Å². The van der Waals surface area contributed by atoms with Crippen LogP contribution in [0, 0.1) is 5.92 Å². The summed E-state index contributed by atoms with van der Waals surface area (Å²) in [7, 11) is 1.66. The number of nitrogens with one attached hydrogen (secondary N) is 2. The number of thiazole rings is 1. The molecule has 1 amide bonds. The van der Waals surface area contributed by atoms with E-state index in [0.717, 1.165) is 45.9 Å². The Bertz CT molecular complexity index is 961. The van der Waals surface area contributed by atoms with Gasteiger partial charge in [-0.1, -0.05) is 37.8 Å². The van der Waals surface area contributed by atoms with E-state index >= 15 is 0 Å². The number of nitrogens with zero attached hydrogens (tertiary/aromatic N) is 1. The predicted octanol–water partition coefficient (Wildman–Crippen LogP) is 6.47. The van der Waals surface area contributed by atoms with Crippen LogP contribution in [0.5, 0.6) is 5.75 Å². The highest BCUT2D eigenvalue weighted by Gasteiger charge is 2.16. The van der Waals surface area contributed by atoms with Gasteiger partial charge in [-0.2, -0.15) is 0 Å². The number of carbonyl (C=O) groups excluding carboxylic acids is 1. The second kappa shape index (κ2) is 9.76. The Hall–Kier alpha value is -2.86. The van der Waals surface area contributed by atoms with E-state index < -0.39 is 0 Å². The molecule has 1 aliphatic carbocycles. The first-order chi connectivity index (χ1) is 14.7. The fourth-order valence-electron chi connectivity index (χ4n) is 3.84. The topological polar surface area (TPSA) is 63.2 Å². The monoisotopic (exact) mass is 421 g/mol. The Morgan fingerprint density at radius 2 is 1.77 bits per heavy atom. The molecule has 0 aliphatic heterocycles. The van der Waals surface area contributed by atoms with Crippen molar-refractivity contribution in [3.63, 3.8) is 0 Å². The molecule has 0 unspecified atom stereocenters. The van der Waals surface area contributed by atoms with Crippen molar-refractivity contribution < 1.29 is 9.53 Å². The zero-order valence-electron chi connectivity index (χ0n) is 17.2. The third kappa shape index (κ3) is 5.39. The van der Waals surface area contributed by atoms with Crippen molar-refractivity contribution in [3.8, 4) is 17.0 Å². The van der Waals surface area contributed by atoms with Crippen molar-refractivity contribution in [2.24, 2.45) is 5.92 Å². The molecule has 1 fully saturated rings. The zero-order chi connectivity index (χ0) is 20.8. The number of ether oxygens (including phenoxy) is 1. The van der Waals surface area contributed by atoms with Crippen LogP contribution < -0.4 is 15.4 Å². The first kappa shape index (κ1) is 20.4. The first-order valence-electron chi connectivity index (χ1n) is 10.5. The number of benzene rings is 2. The van der Waals surface area contributed by atoms with Gasteiger partial charge in [-0.3, -0.25) is 4.79 Å². The Morgan fingerprint density at radius 3 is 2.47 bits per heavy atom. The van der Waals surface area contributed by atoms with Crippen LogP contribution in [0.3, 0.4) is 0 Å². The summed E-state index contributed by atoms with van der Waals surface area (Å²) in [6, 6.07) is 15.6. The standard InChI is InChI=1S/C24H27N3O2S/c1-29-21-13-11-20(12-14-21)26-24-27-22(16-30-24)18-7-9-19(10-8-18)25-23(28)15-6-17-4-2-3-5-17/h7-14,16-17H,2-6,15H2,1H3,(H,25,28)(H,26,27). The molecule has 156 valence electrons. The maximum absolute atomic E-state index is 12.2. The highest BCUT2D eigenvalue weighted by atomic mass is 32.1. The highest BCUT2D eigenvalue weighted by Crippen LogP contribution is 2.30. The highest BCUT2D eigenvalue weighted by molar-refractivity contribution is 7.14. The lowest BCUT2D eigenvalue weighted by molar-refractivity contribution is -0.116. The molecule has 0 radical (unpaired) electrons. The molecule has 1 saturated carbocycles. The van der Waals surface area contributed by atoms with Crippen LogP contribution >= 0.6 is 11.3 Å². The molecule has 5 nitrogen and oxygen atoms in total. The molecule has 0 saturated heterocycles. The first-order valence-corrected chi connectivity index (χ1v) is 11.3. The van der Waals surface area contributed by atoms with E-state index in [2.05, 4.69) is 15.6 Å². The minimum atomic E-state index is 0.106. The summed E-state index contributed by atoms with van der Waals surface area (Å²) < 4.78 is 5.18. The SMILES string of the molecule is COc1ccc(Nc2nc(-c3ccc(NC(=O)CCC4CCCC4)cc3)cs2)cc1. The third-order valence-corrected chi connectivity index (χ3v) is 6.32. The minimum absolute atomic E-state index is 0.106. The van der Waals surface area contributed by atoms with E-state index in [9.17, 15) is 4.79 Å². The van der Waals surface area contributed by atoms with E-state index in [0.29, 0.717) is 6.42 Å². The number of amides is 1. The minimum Gasteiger partial charge on any atom is -0.497 e. The van der Waals surface area contributed by atoms with Crippen molar-refractivity contribution in [3.05, 3.63) is 53.9 Å². The molecule has 0 spiro atoms. The summed E-state index contributed by atoms with van der Waals surface area (Å²) in [5, 5.41) is 9.19. The van der Waals surface area contributed by atoms with E-state index in [4.69, 9.17) is 4.74 Å². The maximum atomic E-state index is 12.2. The summed E-state index contributed by atoms with van der Waals surface area (Å²) in [6.45, 7) is 0. The quantitative estimate of drug-likeness (QED) is 0.437. The second-order valence-corrected chi connectivity index (χ2v) is 8.56. The van der Waals surface area contributed by atoms with Crippen LogP contribution in [0.25, 0.3) is 11.3 Å². The molecule has 2 N–H and O–H groups in total. The number of hydrogen-bond acceptors (Lipinski definition) is 5. The van der Waals surface area contributed by atoms with E-state index in [1.165, 1.54) is 25.7 Å². The normalized spacial score (nSPS) is 13.9. The molecule has 0 bridgehead atoms. The van der Waals surface area contributed by atoms with Crippen LogP contribution in [-0.4, -0.2) is 18.0 Å². The number of carbonyl (C=O) groups is 1. The van der Waals surface area contributed by atoms with Gasteiger partial charge in [0.15, 0.2) is 5.13 Å². The fraction of sp³-hybridized carbons (Fsp3) is 0.333. The van der Waals surface area contributed by atoms with Gasteiger partial charge < -0.3 is 15.4 Å². The molecular formula is C24H27N3O2S. The summed E-state index contributed by atoms with van der Waals surface area (Å²) in [5.41, 5.74) is 3.74. The van der Waals surface area contributed by atoms with Gasteiger partial charge in [-0.05, 0) is 48.7 Å². The largest absolute Gasteiger partial charge is 0.497 e.